The van der Waals surface area contributed by atoms with Gasteiger partial charge in [0.05, 0.1) is 65.1 Å². The Morgan fingerprint density at radius 1 is 0.659 bits per heavy atom. The molecule has 10 nitrogen and oxygen atoms in total. The maximum atomic E-state index is 13.3. The van der Waals surface area contributed by atoms with E-state index in [9.17, 15) is 4.79 Å². The summed E-state index contributed by atoms with van der Waals surface area (Å²) in [7, 11) is 9.36. The van der Waals surface area contributed by atoms with Crippen molar-refractivity contribution in [1.82, 2.24) is 15.3 Å². The molecule has 1 fully saturated rings. The largest absolute Gasteiger partial charge is 0.493 e. The number of ether oxygens (including phenoxy) is 6. The van der Waals surface area contributed by atoms with Crippen LogP contribution in [0.4, 0.5) is 0 Å². The van der Waals surface area contributed by atoms with E-state index in [2.05, 4.69) is 12.2 Å². The van der Waals surface area contributed by atoms with Gasteiger partial charge in [0.1, 0.15) is 0 Å². The maximum absolute atomic E-state index is 13.3. The number of rotatable bonds is 10. The van der Waals surface area contributed by atoms with Gasteiger partial charge >= 0.3 is 0 Å². The molecule has 0 radical (unpaired) electrons. The fourth-order valence-electron chi connectivity index (χ4n) is 5.82. The van der Waals surface area contributed by atoms with E-state index in [1.807, 2.05) is 30.3 Å². The zero-order chi connectivity index (χ0) is 31.4. The Hall–Kier alpha value is -4.73. The Labute approximate surface area is 257 Å². The number of amides is 1. The zero-order valence-electron chi connectivity index (χ0n) is 26.3. The Bertz CT molecular complexity index is 1620. The highest BCUT2D eigenvalue weighted by Crippen LogP contribution is 2.45. The van der Waals surface area contributed by atoms with Crippen LogP contribution in [-0.4, -0.2) is 64.6 Å². The Morgan fingerprint density at radius 3 is 1.59 bits per heavy atom. The normalized spacial score (nSPS) is 16.2. The van der Waals surface area contributed by atoms with Crippen LogP contribution in [0.25, 0.3) is 33.5 Å². The van der Waals surface area contributed by atoms with Crippen LogP contribution < -0.4 is 33.7 Å². The third-order valence-electron chi connectivity index (χ3n) is 8.23. The minimum atomic E-state index is -0.115. The average Bonchev–Trinajstić information content (AvgIpc) is 3.06. The number of benzene rings is 3. The first-order valence-electron chi connectivity index (χ1n) is 14.6. The van der Waals surface area contributed by atoms with Gasteiger partial charge in [-0.15, -0.1) is 0 Å². The van der Waals surface area contributed by atoms with E-state index in [0.717, 1.165) is 19.3 Å². The molecule has 4 aromatic rings. The van der Waals surface area contributed by atoms with E-state index in [-0.39, 0.29) is 11.9 Å². The quantitative estimate of drug-likeness (QED) is 0.223. The fourth-order valence-corrected chi connectivity index (χ4v) is 5.82. The lowest BCUT2D eigenvalue weighted by molar-refractivity contribution is 0.0910. The van der Waals surface area contributed by atoms with Gasteiger partial charge < -0.3 is 33.7 Å². The van der Waals surface area contributed by atoms with Gasteiger partial charge in [-0.2, -0.15) is 0 Å². The molecule has 232 valence electrons. The SMILES string of the molecule is COc1cc(-c2nc3ccc(C(=O)N[C@H]4CCCC[C@H]4C)cc3nc2-c2cc(OC)c(OC)c(OC)c2)cc(OC)c1OC. The number of nitrogens with one attached hydrogen (secondary N) is 1. The first-order valence-corrected chi connectivity index (χ1v) is 14.6. The summed E-state index contributed by atoms with van der Waals surface area (Å²) in [6, 6.07) is 12.8. The van der Waals surface area contributed by atoms with E-state index in [1.54, 1.807) is 54.8 Å². The summed E-state index contributed by atoms with van der Waals surface area (Å²) in [5.74, 6) is 3.13. The minimum absolute atomic E-state index is 0.115. The molecule has 1 aliphatic carbocycles. The van der Waals surface area contributed by atoms with E-state index < -0.39 is 0 Å². The molecule has 1 amide bonds. The summed E-state index contributed by atoms with van der Waals surface area (Å²) < 4.78 is 33.7. The van der Waals surface area contributed by atoms with Crippen molar-refractivity contribution < 1.29 is 33.2 Å². The molecule has 0 aliphatic heterocycles. The fraction of sp³-hybridized carbons (Fsp3) is 0.382. The van der Waals surface area contributed by atoms with E-state index >= 15 is 0 Å². The molecule has 5 rings (SSSR count). The number of hydrogen-bond donors (Lipinski definition) is 1. The third kappa shape index (κ3) is 5.89. The first-order chi connectivity index (χ1) is 21.3. The third-order valence-corrected chi connectivity index (χ3v) is 8.23. The highest BCUT2D eigenvalue weighted by molar-refractivity contribution is 5.98. The Balaban J connectivity index is 1.70. The van der Waals surface area contributed by atoms with Crippen molar-refractivity contribution >= 4 is 16.9 Å². The maximum Gasteiger partial charge on any atom is 0.251 e. The molecule has 1 heterocycles. The summed E-state index contributed by atoms with van der Waals surface area (Å²) in [5, 5.41) is 3.24. The van der Waals surface area contributed by atoms with Gasteiger partial charge in [0.2, 0.25) is 11.5 Å². The van der Waals surface area contributed by atoms with Crippen LogP contribution in [-0.2, 0) is 0 Å². The van der Waals surface area contributed by atoms with Crippen molar-refractivity contribution in [2.24, 2.45) is 5.92 Å². The predicted molar refractivity (Wildman–Crippen MR) is 169 cm³/mol. The van der Waals surface area contributed by atoms with Gasteiger partial charge in [-0.3, -0.25) is 4.79 Å². The van der Waals surface area contributed by atoms with Crippen molar-refractivity contribution in [3.05, 3.63) is 48.0 Å². The Morgan fingerprint density at radius 2 is 1.14 bits per heavy atom. The highest BCUT2D eigenvalue weighted by atomic mass is 16.5. The van der Waals surface area contributed by atoms with E-state index in [0.29, 0.717) is 79.5 Å². The highest BCUT2D eigenvalue weighted by Gasteiger charge is 2.25. The molecule has 1 N–H and O–H groups in total. The molecule has 10 heteroatoms. The number of carbonyl (C=O) groups excluding carboxylic acids is 1. The summed E-state index contributed by atoms with van der Waals surface area (Å²) in [6.07, 6.45) is 4.44. The molecule has 0 unspecified atom stereocenters. The predicted octanol–water partition coefficient (Wildman–Crippen LogP) is 6.32. The monoisotopic (exact) mass is 601 g/mol. The summed E-state index contributed by atoms with van der Waals surface area (Å²) >= 11 is 0. The summed E-state index contributed by atoms with van der Waals surface area (Å²) in [6.45, 7) is 2.20. The van der Waals surface area contributed by atoms with Crippen molar-refractivity contribution in [2.75, 3.05) is 42.7 Å². The second-order valence-corrected chi connectivity index (χ2v) is 10.8. The molecule has 44 heavy (non-hydrogen) atoms. The van der Waals surface area contributed by atoms with Gasteiger partial charge in [-0.25, -0.2) is 9.97 Å². The molecule has 0 saturated heterocycles. The smallest absolute Gasteiger partial charge is 0.251 e. The molecule has 3 aromatic carbocycles. The first kappa shape index (κ1) is 30.7. The number of hydrogen-bond acceptors (Lipinski definition) is 9. The van der Waals surface area contributed by atoms with Gasteiger partial charge in [0, 0.05) is 22.7 Å². The average molecular weight is 602 g/mol. The van der Waals surface area contributed by atoms with Crippen molar-refractivity contribution in [1.29, 1.82) is 0 Å². The number of aromatic nitrogens is 2. The van der Waals surface area contributed by atoms with E-state index in [1.165, 1.54) is 6.42 Å². The van der Waals surface area contributed by atoms with Gasteiger partial charge in [0.15, 0.2) is 23.0 Å². The standard InChI is InChI=1S/C34H39N3O7/c1-19-10-8-9-11-23(19)37-34(38)20-12-13-24-25(14-20)36-31(22-17-28(41-4)33(44-7)29(18-22)42-5)30(35-24)21-15-26(39-2)32(43-6)27(16-21)40-3/h12-19,23H,8-11H2,1-7H3,(H,37,38)/t19-,23+/m1/s1. The molecule has 1 saturated carbocycles. The molecular weight excluding hydrogens is 562 g/mol. The summed E-state index contributed by atoms with van der Waals surface area (Å²) in [5.41, 5.74) is 4.15. The van der Waals surface area contributed by atoms with Crippen LogP contribution >= 0.6 is 0 Å². The number of carbonyl (C=O) groups is 1. The van der Waals surface area contributed by atoms with Crippen LogP contribution in [0.3, 0.4) is 0 Å². The second-order valence-electron chi connectivity index (χ2n) is 10.8. The van der Waals surface area contributed by atoms with Crippen molar-refractivity contribution in [3.8, 4) is 57.0 Å². The zero-order valence-corrected chi connectivity index (χ0v) is 26.3. The van der Waals surface area contributed by atoms with Crippen LogP contribution in [0, 0.1) is 5.92 Å². The molecule has 1 aliphatic rings. The van der Waals surface area contributed by atoms with Crippen LogP contribution in [0.2, 0.25) is 0 Å². The number of nitrogens with zero attached hydrogens (tertiary/aromatic N) is 2. The van der Waals surface area contributed by atoms with Gasteiger partial charge in [0.25, 0.3) is 5.91 Å². The molecule has 0 bridgehead atoms. The topological polar surface area (TPSA) is 110 Å². The van der Waals surface area contributed by atoms with Crippen molar-refractivity contribution in [2.45, 2.75) is 38.6 Å². The summed E-state index contributed by atoms with van der Waals surface area (Å²) in [4.78, 5) is 23.5. The lowest BCUT2D eigenvalue weighted by Gasteiger charge is -2.29. The molecule has 0 spiro atoms. The van der Waals surface area contributed by atoms with Crippen LogP contribution in [0.15, 0.2) is 42.5 Å². The van der Waals surface area contributed by atoms with Gasteiger partial charge in [-0.05, 0) is 61.2 Å². The van der Waals surface area contributed by atoms with Crippen molar-refractivity contribution in [3.63, 3.8) is 0 Å². The number of fused-ring (bicyclic) bond motifs is 1. The lowest BCUT2D eigenvalue weighted by Crippen LogP contribution is -2.41. The van der Waals surface area contributed by atoms with Crippen LogP contribution in [0.1, 0.15) is 43.0 Å². The molecule has 1 aromatic heterocycles. The minimum Gasteiger partial charge on any atom is -0.493 e. The lowest BCUT2D eigenvalue weighted by atomic mass is 9.86. The van der Waals surface area contributed by atoms with Crippen LogP contribution in [0.5, 0.6) is 34.5 Å². The van der Waals surface area contributed by atoms with E-state index in [4.69, 9.17) is 38.4 Å². The second kappa shape index (κ2) is 13.3. The molecule has 2 atom stereocenters. The Kier molecular flexibility index (Phi) is 9.27. The molecular formula is C34H39N3O7. The number of methoxy groups -OCH3 is 6. The van der Waals surface area contributed by atoms with Gasteiger partial charge in [-0.1, -0.05) is 19.8 Å².